The van der Waals surface area contributed by atoms with E-state index in [2.05, 4.69) is 5.32 Å². The Kier molecular flexibility index (Phi) is 5.74. The Morgan fingerprint density at radius 1 is 1.73 bits per heavy atom. The van der Waals surface area contributed by atoms with Crippen LogP contribution in [0.2, 0.25) is 0 Å². The van der Waals surface area contributed by atoms with Gasteiger partial charge in [0.05, 0.1) is 0 Å². The molecule has 1 unspecified atom stereocenters. The van der Waals surface area contributed by atoms with E-state index >= 15 is 0 Å². The molecule has 0 aromatic heterocycles. The summed E-state index contributed by atoms with van der Waals surface area (Å²) >= 11 is 0. The first-order chi connectivity index (χ1) is 5.20. The molecule has 4 heteroatoms. The number of hydrogen-bond acceptors (Lipinski definition) is 2. The van der Waals surface area contributed by atoms with Crippen molar-refractivity contribution in [3.8, 4) is 0 Å². The molecule has 1 atom stereocenters. The van der Waals surface area contributed by atoms with E-state index in [-0.39, 0.29) is 12.3 Å². The maximum Gasteiger partial charge on any atom is 0.221 e. The van der Waals surface area contributed by atoms with Crippen LogP contribution in [0.3, 0.4) is 0 Å². The largest absolute Gasteiger partial charge is 0.356 e. The fraction of sp³-hybridized carbons (Fsp3) is 0.857. The minimum absolute atomic E-state index is 0.0799. The Balaban J connectivity index is 3.36. The van der Waals surface area contributed by atoms with Gasteiger partial charge in [-0.2, -0.15) is 0 Å². The molecule has 0 bridgehead atoms. The van der Waals surface area contributed by atoms with Gasteiger partial charge in [-0.05, 0) is 6.42 Å². The lowest BCUT2D eigenvalue weighted by Crippen LogP contribution is -2.33. The molecule has 3 N–H and O–H groups in total. The predicted octanol–water partition coefficient (Wildman–Crippen LogP) is 0.200. The zero-order valence-corrected chi connectivity index (χ0v) is 6.77. The number of halogens is 1. The first kappa shape index (κ1) is 10.4. The van der Waals surface area contributed by atoms with Crippen molar-refractivity contribution in [1.29, 1.82) is 0 Å². The van der Waals surface area contributed by atoms with Gasteiger partial charge in [0.15, 0.2) is 0 Å². The van der Waals surface area contributed by atoms with Crippen LogP contribution in [0, 0.1) is 0 Å². The van der Waals surface area contributed by atoms with Gasteiger partial charge in [-0.25, -0.2) is 4.39 Å². The van der Waals surface area contributed by atoms with Gasteiger partial charge in [0.1, 0.15) is 6.67 Å². The van der Waals surface area contributed by atoms with E-state index in [1.807, 2.05) is 6.92 Å². The van der Waals surface area contributed by atoms with Gasteiger partial charge in [0, 0.05) is 19.0 Å². The van der Waals surface area contributed by atoms with E-state index in [1.54, 1.807) is 0 Å². The summed E-state index contributed by atoms with van der Waals surface area (Å²) in [6.07, 6.45) is 0.965. The quantitative estimate of drug-likeness (QED) is 0.606. The van der Waals surface area contributed by atoms with Crippen LogP contribution in [0.4, 0.5) is 4.39 Å². The van der Waals surface area contributed by atoms with E-state index in [0.29, 0.717) is 6.54 Å². The maximum absolute atomic E-state index is 11.8. The number of rotatable bonds is 5. The number of nitrogens with one attached hydrogen (secondary N) is 1. The molecule has 1 amide bonds. The lowest BCUT2D eigenvalue weighted by Gasteiger charge is -2.06. The van der Waals surface area contributed by atoms with Crippen molar-refractivity contribution in [2.24, 2.45) is 5.73 Å². The van der Waals surface area contributed by atoms with Crippen LogP contribution in [0.1, 0.15) is 19.8 Å². The van der Waals surface area contributed by atoms with Gasteiger partial charge in [-0.1, -0.05) is 6.92 Å². The predicted molar refractivity (Wildman–Crippen MR) is 41.9 cm³/mol. The Morgan fingerprint density at radius 2 is 2.36 bits per heavy atom. The van der Waals surface area contributed by atoms with Crippen LogP contribution in [0.15, 0.2) is 0 Å². The Morgan fingerprint density at radius 3 is 2.82 bits per heavy atom. The normalized spacial score (nSPS) is 12.6. The molecule has 0 saturated carbocycles. The molecule has 0 spiro atoms. The molecule has 0 rings (SSSR count). The van der Waals surface area contributed by atoms with Crippen LogP contribution in [0.25, 0.3) is 0 Å². The fourth-order valence-electron chi connectivity index (χ4n) is 0.629. The number of carbonyl (C=O) groups is 1. The van der Waals surface area contributed by atoms with Crippen molar-refractivity contribution < 1.29 is 9.18 Å². The van der Waals surface area contributed by atoms with Crippen LogP contribution >= 0.6 is 0 Å². The van der Waals surface area contributed by atoms with E-state index in [9.17, 15) is 9.18 Å². The van der Waals surface area contributed by atoms with Crippen molar-refractivity contribution in [3.05, 3.63) is 0 Å². The molecule has 11 heavy (non-hydrogen) atoms. The molecule has 0 aromatic carbocycles. The highest BCUT2D eigenvalue weighted by Crippen LogP contribution is 1.88. The lowest BCUT2D eigenvalue weighted by molar-refractivity contribution is -0.121. The van der Waals surface area contributed by atoms with E-state index < -0.39 is 12.7 Å². The summed E-state index contributed by atoms with van der Waals surface area (Å²) in [4.78, 5) is 10.8. The Labute approximate surface area is 66.1 Å². The molecule has 0 fully saturated rings. The first-order valence-corrected chi connectivity index (χ1v) is 3.79. The zero-order valence-electron chi connectivity index (χ0n) is 6.77. The highest BCUT2D eigenvalue weighted by atomic mass is 19.1. The second-order valence-electron chi connectivity index (χ2n) is 2.47. The number of amides is 1. The van der Waals surface area contributed by atoms with Gasteiger partial charge >= 0.3 is 0 Å². The van der Waals surface area contributed by atoms with Crippen LogP contribution in [-0.2, 0) is 4.79 Å². The molecule has 0 aliphatic carbocycles. The average Bonchev–Trinajstić information content (AvgIpc) is 2.00. The maximum atomic E-state index is 11.8. The Hall–Kier alpha value is -0.640. The third-order valence-corrected chi connectivity index (χ3v) is 1.22. The standard InChI is InChI=1S/C7H15FN2O/c1-2-3-10-7(11)4-6(9)5-8/h6H,2-5,9H2,1H3,(H,10,11). The van der Waals surface area contributed by atoms with Crippen LogP contribution in [0.5, 0.6) is 0 Å². The molecule has 0 aromatic rings. The summed E-state index contributed by atoms with van der Waals surface area (Å²) in [5.74, 6) is -0.169. The van der Waals surface area contributed by atoms with Crippen molar-refractivity contribution >= 4 is 5.91 Å². The average molecular weight is 162 g/mol. The van der Waals surface area contributed by atoms with Gasteiger partial charge < -0.3 is 11.1 Å². The molecular formula is C7H15FN2O. The Bertz CT molecular complexity index is 119. The molecule has 66 valence electrons. The summed E-state index contributed by atoms with van der Waals surface area (Å²) < 4.78 is 11.8. The third-order valence-electron chi connectivity index (χ3n) is 1.22. The van der Waals surface area contributed by atoms with E-state index in [1.165, 1.54) is 0 Å². The molecular weight excluding hydrogens is 147 g/mol. The van der Waals surface area contributed by atoms with Crippen molar-refractivity contribution in [2.45, 2.75) is 25.8 Å². The van der Waals surface area contributed by atoms with E-state index in [4.69, 9.17) is 5.73 Å². The highest BCUT2D eigenvalue weighted by molar-refractivity contribution is 5.76. The summed E-state index contributed by atoms with van der Waals surface area (Å²) in [6, 6.07) is -0.646. The zero-order chi connectivity index (χ0) is 8.69. The third kappa shape index (κ3) is 5.79. The fourth-order valence-corrected chi connectivity index (χ4v) is 0.629. The molecule has 0 radical (unpaired) electrons. The van der Waals surface area contributed by atoms with Gasteiger partial charge in [-0.3, -0.25) is 4.79 Å². The minimum atomic E-state index is -0.646. The number of carbonyl (C=O) groups excluding carboxylic acids is 1. The topological polar surface area (TPSA) is 55.1 Å². The van der Waals surface area contributed by atoms with Gasteiger partial charge in [0.2, 0.25) is 5.91 Å². The monoisotopic (exact) mass is 162 g/mol. The van der Waals surface area contributed by atoms with Gasteiger partial charge in [-0.15, -0.1) is 0 Å². The van der Waals surface area contributed by atoms with Crippen LogP contribution < -0.4 is 11.1 Å². The molecule has 0 aliphatic heterocycles. The van der Waals surface area contributed by atoms with E-state index in [0.717, 1.165) is 6.42 Å². The lowest BCUT2D eigenvalue weighted by atomic mass is 10.2. The summed E-state index contributed by atoms with van der Waals surface area (Å²) in [7, 11) is 0. The number of alkyl halides is 1. The summed E-state index contributed by atoms with van der Waals surface area (Å²) in [6.45, 7) is 1.95. The number of nitrogens with two attached hydrogens (primary N) is 1. The van der Waals surface area contributed by atoms with Crippen molar-refractivity contribution in [1.82, 2.24) is 5.32 Å². The summed E-state index contributed by atoms with van der Waals surface area (Å²) in [5, 5.41) is 2.61. The molecule has 3 nitrogen and oxygen atoms in total. The van der Waals surface area contributed by atoms with Gasteiger partial charge in [0.25, 0.3) is 0 Å². The minimum Gasteiger partial charge on any atom is -0.356 e. The second kappa shape index (κ2) is 6.09. The number of hydrogen-bond donors (Lipinski definition) is 2. The van der Waals surface area contributed by atoms with Crippen LogP contribution in [-0.4, -0.2) is 25.2 Å². The molecule has 0 aliphatic rings. The van der Waals surface area contributed by atoms with Crippen molar-refractivity contribution in [2.75, 3.05) is 13.2 Å². The first-order valence-electron chi connectivity index (χ1n) is 3.79. The van der Waals surface area contributed by atoms with Crippen molar-refractivity contribution in [3.63, 3.8) is 0 Å². The second-order valence-corrected chi connectivity index (χ2v) is 2.47. The summed E-state index contributed by atoms with van der Waals surface area (Å²) in [5.41, 5.74) is 5.21. The molecule has 0 heterocycles. The smallest absolute Gasteiger partial charge is 0.221 e. The highest BCUT2D eigenvalue weighted by Gasteiger charge is 2.07. The SMILES string of the molecule is CCCNC(=O)CC(N)CF. The molecule has 0 saturated heterocycles.